The maximum absolute atomic E-state index is 12.3. The quantitative estimate of drug-likeness (QED) is 0.464. The fourth-order valence-corrected chi connectivity index (χ4v) is 4.20. The van der Waals surface area contributed by atoms with E-state index in [-0.39, 0.29) is 5.91 Å². The highest BCUT2D eigenvalue weighted by Crippen LogP contribution is 2.32. The molecule has 0 unspecified atom stereocenters. The molecule has 1 saturated heterocycles. The van der Waals surface area contributed by atoms with Gasteiger partial charge in [-0.1, -0.05) is 40.2 Å². The van der Waals surface area contributed by atoms with Crippen molar-refractivity contribution in [3.05, 3.63) is 69.6 Å². The fraction of sp³-hybridized carbons (Fsp3) is 0.143. The van der Waals surface area contributed by atoms with Crippen LogP contribution in [0.4, 0.5) is 0 Å². The molecule has 0 atom stereocenters. The van der Waals surface area contributed by atoms with Gasteiger partial charge in [0.15, 0.2) is 5.11 Å². The summed E-state index contributed by atoms with van der Waals surface area (Å²) in [7, 11) is 1.68. The van der Waals surface area contributed by atoms with E-state index in [2.05, 4.69) is 70.0 Å². The number of carbonyl (C=O) groups is 1. The third-order valence-electron chi connectivity index (χ3n) is 4.94. The second-order valence-electron chi connectivity index (χ2n) is 6.63. The summed E-state index contributed by atoms with van der Waals surface area (Å²) in [5.74, 6) is -0.112. The van der Waals surface area contributed by atoms with Gasteiger partial charge in [-0.05, 0) is 61.3 Å². The molecular weight excluding hydrogens is 422 g/mol. The maximum atomic E-state index is 12.3. The number of benzene rings is 2. The molecule has 1 fully saturated rings. The van der Waals surface area contributed by atoms with Gasteiger partial charge in [-0.25, -0.2) is 0 Å². The summed E-state index contributed by atoms with van der Waals surface area (Å²) in [6.45, 7) is 4.14. The highest BCUT2D eigenvalue weighted by Gasteiger charge is 2.27. The predicted molar refractivity (Wildman–Crippen MR) is 117 cm³/mol. The molecule has 2 aromatic carbocycles. The smallest absolute Gasteiger partial charge is 0.276 e. The lowest BCUT2D eigenvalue weighted by atomic mass is 10.1. The first kappa shape index (κ1) is 17.9. The number of hydrogen-bond donors (Lipinski definition) is 1. The van der Waals surface area contributed by atoms with Gasteiger partial charge in [-0.3, -0.25) is 9.69 Å². The van der Waals surface area contributed by atoms with Crippen LogP contribution in [0, 0.1) is 13.8 Å². The molecule has 4 nitrogen and oxygen atoms in total. The first-order valence-electron chi connectivity index (χ1n) is 8.56. The minimum atomic E-state index is -0.112. The number of aryl methyl sites for hydroxylation is 1. The van der Waals surface area contributed by atoms with Crippen LogP contribution in [0.1, 0.15) is 17.0 Å². The van der Waals surface area contributed by atoms with Crippen molar-refractivity contribution in [1.29, 1.82) is 0 Å². The topological polar surface area (TPSA) is 37.3 Å². The minimum absolute atomic E-state index is 0.112. The zero-order valence-corrected chi connectivity index (χ0v) is 17.6. The minimum Gasteiger partial charge on any atom is -0.328 e. The van der Waals surface area contributed by atoms with E-state index in [1.54, 1.807) is 7.05 Å². The van der Waals surface area contributed by atoms with Crippen molar-refractivity contribution in [3.63, 3.8) is 0 Å². The van der Waals surface area contributed by atoms with Gasteiger partial charge >= 0.3 is 0 Å². The van der Waals surface area contributed by atoms with Crippen molar-refractivity contribution in [2.75, 3.05) is 7.05 Å². The molecule has 1 aliphatic rings. The summed E-state index contributed by atoms with van der Waals surface area (Å²) in [5, 5.41) is 5.76. The molecule has 1 amide bonds. The number of hydrogen-bond acceptors (Lipinski definition) is 2. The second-order valence-corrected chi connectivity index (χ2v) is 7.87. The molecule has 27 heavy (non-hydrogen) atoms. The SMILES string of the molecule is Cc1cc(/C=C2\NC(=S)N(C)C2=O)c(C)n1-c1ccc(Br)c2ccccc12. The van der Waals surface area contributed by atoms with Crippen molar-refractivity contribution in [3.8, 4) is 5.69 Å². The van der Waals surface area contributed by atoms with Crippen LogP contribution in [0.15, 0.2) is 52.6 Å². The molecule has 0 radical (unpaired) electrons. The summed E-state index contributed by atoms with van der Waals surface area (Å²) in [6, 6.07) is 14.6. The highest BCUT2D eigenvalue weighted by molar-refractivity contribution is 9.10. The van der Waals surface area contributed by atoms with Crippen LogP contribution in [-0.2, 0) is 4.79 Å². The Bertz CT molecular complexity index is 1150. The van der Waals surface area contributed by atoms with E-state index in [1.807, 2.05) is 18.2 Å². The Morgan fingerprint density at radius 3 is 2.48 bits per heavy atom. The Kier molecular flexibility index (Phi) is 4.40. The number of rotatable bonds is 2. The van der Waals surface area contributed by atoms with Gasteiger partial charge in [0.05, 0.1) is 5.69 Å². The van der Waals surface area contributed by atoms with Crippen LogP contribution >= 0.6 is 28.1 Å². The van der Waals surface area contributed by atoms with E-state index in [0.717, 1.165) is 27.1 Å². The number of carbonyl (C=O) groups excluding carboxylic acids is 1. The van der Waals surface area contributed by atoms with Gasteiger partial charge in [0.2, 0.25) is 0 Å². The Morgan fingerprint density at radius 1 is 1.11 bits per heavy atom. The molecule has 0 aliphatic carbocycles. The standard InChI is InChI=1S/C21H18BrN3OS/c1-12-10-14(11-18-20(26)24(3)21(27)23-18)13(2)25(12)19-9-8-17(22)15-6-4-5-7-16(15)19/h4-11H,1-3H3,(H,23,27)/b18-11-. The van der Waals surface area contributed by atoms with E-state index < -0.39 is 0 Å². The van der Waals surface area contributed by atoms with E-state index >= 15 is 0 Å². The summed E-state index contributed by atoms with van der Waals surface area (Å²) < 4.78 is 3.30. The molecule has 0 bridgehead atoms. The molecule has 136 valence electrons. The first-order valence-corrected chi connectivity index (χ1v) is 9.76. The lowest BCUT2D eigenvalue weighted by molar-refractivity contribution is -0.121. The van der Waals surface area contributed by atoms with E-state index in [0.29, 0.717) is 10.8 Å². The van der Waals surface area contributed by atoms with Gasteiger partial charge in [-0.2, -0.15) is 0 Å². The average Bonchev–Trinajstić information content (AvgIpc) is 3.06. The molecule has 0 spiro atoms. The maximum Gasteiger partial charge on any atom is 0.276 e. The zero-order chi connectivity index (χ0) is 19.3. The second kappa shape index (κ2) is 6.62. The van der Waals surface area contributed by atoms with Crippen LogP contribution in [0.2, 0.25) is 0 Å². The predicted octanol–water partition coefficient (Wildman–Crippen LogP) is 4.70. The number of aromatic nitrogens is 1. The summed E-state index contributed by atoms with van der Waals surface area (Å²) in [4.78, 5) is 13.7. The van der Waals surface area contributed by atoms with E-state index in [1.165, 1.54) is 15.7 Å². The Labute approximate surface area is 171 Å². The van der Waals surface area contributed by atoms with Gasteiger partial charge in [0, 0.05) is 28.3 Å². The van der Waals surface area contributed by atoms with Crippen molar-refractivity contribution in [2.45, 2.75) is 13.8 Å². The van der Waals surface area contributed by atoms with Crippen LogP contribution < -0.4 is 5.32 Å². The third kappa shape index (κ3) is 2.89. The molecular formula is C21H18BrN3OS. The van der Waals surface area contributed by atoms with E-state index in [9.17, 15) is 4.79 Å². The van der Waals surface area contributed by atoms with Gasteiger partial charge in [0.25, 0.3) is 5.91 Å². The third-order valence-corrected chi connectivity index (χ3v) is 6.01. The van der Waals surface area contributed by atoms with Gasteiger partial charge < -0.3 is 9.88 Å². The molecule has 0 saturated carbocycles. The van der Waals surface area contributed by atoms with Crippen molar-refractivity contribution < 1.29 is 4.79 Å². The van der Waals surface area contributed by atoms with Crippen molar-refractivity contribution in [1.82, 2.24) is 14.8 Å². The molecule has 6 heteroatoms. The fourth-order valence-electron chi connectivity index (χ4n) is 3.52. The summed E-state index contributed by atoms with van der Waals surface area (Å²) in [6.07, 6.45) is 1.87. The number of fused-ring (bicyclic) bond motifs is 1. The molecule has 1 aliphatic heterocycles. The first-order chi connectivity index (χ1) is 12.9. The molecule has 1 N–H and O–H groups in total. The monoisotopic (exact) mass is 439 g/mol. The lowest BCUT2D eigenvalue weighted by Crippen LogP contribution is -2.25. The van der Waals surface area contributed by atoms with Crippen LogP contribution in [-0.4, -0.2) is 27.5 Å². The molecule has 2 heterocycles. The Balaban J connectivity index is 1.87. The lowest BCUT2D eigenvalue weighted by Gasteiger charge is -2.14. The molecule has 1 aromatic heterocycles. The Hall–Kier alpha value is -2.44. The van der Waals surface area contributed by atoms with Gasteiger partial charge in [-0.15, -0.1) is 0 Å². The normalized spacial score (nSPS) is 15.9. The van der Waals surface area contributed by atoms with E-state index in [4.69, 9.17) is 12.2 Å². The number of halogens is 1. The summed E-state index contributed by atoms with van der Waals surface area (Å²) >= 11 is 8.80. The number of nitrogens with zero attached hydrogens (tertiary/aromatic N) is 2. The van der Waals surface area contributed by atoms with Crippen LogP contribution in [0.25, 0.3) is 22.5 Å². The molecule has 4 rings (SSSR count). The number of nitrogens with one attached hydrogen (secondary N) is 1. The zero-order valence-electron chi connectivity index (χ0n) is 15.2. The highest BCUT2D eigenvalue weighted by atomic mass is 79.9. The van der Waals surface area contributed by atoms with Crippen LogP contribution in [0.3, 0.4) is 0 Å². The van der Waals surface area contributed by atoms with Gasteiger partial charge in [0.1, 0.15) is 5.70 Å². The van der Waals surface area contributed by atoms with Crippen molar-refractivity contribution >= 4 is 56.0 Å². The number of thiocarbonyl (C=S) groups is 1. The Morgan fingerprint density at radius 2 is 1.81 bits per heavy atom. The summed E-state index contributed by atoms with van der Waals surface area (Å²) in [5.41, 5.74) is 4.79. The average molecular weight is 440 g/mol. The number of amides is 1. The van der Waals surface area contributed by atoms with Crippen molar-refractivity contribution in [2.24, 2.45) is 0 Å². The molecule has 3 aromatic rings. The van der Waals surface area contributed by atoms with Crippen LogP contribution in [0.5, 0.6) is 0 Å². The largest absolute Gasteiger partial charge is 0.328 e. The number of likely N-dealkylation sites (N-methyl/N-ethyl adjacent to an activating group) is 1.